The number of carbonyl (C=O) groups excluding carboxylic acids is 1. The van der Waals surface area contributed by atoms with Gasteiger partial charge in [0.1, 0.15) is 0 Å². The molecule has 0 spiro atoms. The van der Waals surface area contributed by atoms with E-state index in [1.807, 2.05) is 19.1 Å². The molecular weight excluding hydrogens is 236 g/mol. The lowest BCUT2D eigenvalue weighted by Gasteiger charge is -2.35. The molecule has 0 unspecified atom stereocenters. The third-order valence-electron chi connectivity index (χ3n) is 4.35. The summed E-state index contributed by atoms with van der Waals surface area (Å²) in [5.41, 5.74) is 3.11. The zero-order valence-corrected chi connectivity index (χ0v) is 12.2. The summed E-state index contributed by atoms with van der Waals surface area (Å²) in [4.78, 5) is 12.6. The van der Waals surface area contributed by atoms with Gasteiger partial charge < -0.3 is 10.6 Å². The second-order valence-corrected chi connectivity index (χ2v) is 5.66. The lowest BCUT2D eigenvalue weighted by molar-refractivity contribution is -0.127. The van der Waals surface area contributed by atoms with Crippen LogP contribution in [0.5, 0.6) is 0 Å². The summed E-state index contributed by atoms with van der Waals surface area (Å²) in [5.74, 6) is 0.184. The van der Waals surface area contributed by atoms with Gasteiger partial charge in [-0.2, -0.15) is 0 Å². The normalized spacial score (nSPS) is 18.1. The Hall–Kier alpha value is -1.35. The average molecular weight is 260 g/mol. The first-order valence-corrected chi connectivity index (χ1v) is 7.17. The average Bonchev–Trinajstić information content (AvgIpc) is 2.42. The van der Waals surface area contributed by atoms with E-state index < -0.39 is 0 Å². The molecule has 1 aromatic carbocycles. The van der Waals surface area contributed by atoms with Crippen LogP contribution in [0.25, 0.3) is 0 Å². The van der Waals surface area contributed by atoms with Crippen molar-refractivity contribution in [3.8, 4) is 0 Å². The van der Waals surface area contributed by atoms with Crippen LogP contribution in [0.4, 0.5) is 5.69 Å². The van der Waals surface area contributed by atoms with Crippen molar-refractivity contribution in [2.75, 3.05) is 18.4 Å². The summed E-state index contributed by atoms with van der Waals surface area (Å²) >= 11 is 0. The topological polar surface area (TPSA) is 41.1 Å². The van der Waals surface area contributed by atoms with Gasteiger partial charge in [-0.1, -0.05) is 24.6 Å². The Balaban J connectivity index is 2.15. The number of hydrogen-bond donors (Lipinski definition) is 2. The molecule has 2 N–H and O–H groups in total. The first-order valence-electron chi connectivity index (χ1n) is 7.17. The van der Waals surface area contributed by atoms with Crippen molar-refractivity contribution >= 4 is 11.6 Å². The minimum absolute atomic E-state index is 0.184. The third-order valence-corrected chi connectivity index (χ3v) is 4.35. The summed E-state index contributed by atoms with van der Waals surface area (Å²) < 4.78 is 0. The number of anilines is 1. The van der Waals surface area contributed by atoms with Crippen molar-refractivity contribution in [2.45, 2.75) is 40.0 Å². The van der Waals surface area contributed by atoms with Crippen molar-refractivity contribution < 1.29 is 4.79 Å². The molecule has 19 heavy (non-hydrogen) atoms. The zero-order valence-electron chi connectivity index (χ0n) is 12.2. The minimum Gasteiger partial charge on any atom is -0.325 e. The Morgan fingerprint density at radius 3 is 2.58 bits per heavy atom. The number of amides is 1. The van der Waals surface area contributed by atoms with E-state index in [0.29, 0.717) is 0 Å². The second kappa shape index (κ2) is 5.74. The van der Waals surface area contributed by atoms with Crippen molar-refractivity contribution in [3.63, 3.8) is 0 Å². The quantitative estimate of drug-likeness (QED) is 0.877. The van der Waals surface area contributed by atoms with E-state index in [2.05, 4.69) is 30.5 Å². The largest absolute Gasteiger partial charge is 0.325 e. The van der Waals surface area contributed by atoms with E-state index >= 15 is 0 Å². The van der Waals surface area contributed by atoms with E-state index in [0.717, 1.165) is 43.6 Å². The second-order valence-electron chi connectivity index (χ2n) is 5.66. The fraction of sp³-hybridized carbons (Fsp3) is 0.562. The van der Waals surface area contributed by atoms with E-state index in [1.54, 1.807) is 0 Å². The molecule has 0 atom stereocenters. The van der Waals surface area contributed by atoms with Crippen LogP contribution in [0, 0.1) is 19.3 Å². The fourth-order valence-electron chi connectivity index (χ4n) is 2.86. The molecule has 0 aliphatic carbocycles. The smallest absolute Gasteiger partial charge is 0.230 e. The van der Waals surface area contributed by atoms with Gasteiger partial charge in [0.25, 0.3) is 0 Å². The fourth-order valence-corrected chi connectivity index (χ4v) is 2.86. The SMILES string of the molecule is CCC1(C(=O)Nc2ccc(C)cc2C)CCNCC1. The standard InChI is InChI=1S/C16H24N2O/c1-4-16(7-9-17-10-8-16)15(19)18-14-6-5-12(2)11-13(14)3/h5-6,11,17H,4,7-10H2,1-3H3,(H,18,19). The van der Waals surface area contributed by atoms with Gasteiger partial charge in [0.15, 0.2) is 0 Å². The summed E-state index contributed by atoms with van der Waals surface area (Å²) in [6, 6.07) is 6.16. The van der Waals surface area contributed by atoms with Gasteiger partial charge in [0, 0.05) is 5.69 Å². The molecule has 3 heteroatoms. The molecule has 0 saturated carbocycles. The zero-order chi connectivity index (χ0) is 13.9. The molecule has 1 saturated heterocycles. The number of piperidine rings is 1. The summed E-state index contributed by atoms with van der Waals surface area (Å²) in [5, 5.41) is 6.46. The van der Waals surface area contributed by atoms with Crippen LogP contribution in [0.3, 0.4) is 0 Å². The molecule has 0 bridgehead atoms. The molecule has 1 fully saturated rings. The first-order chi connectivity index (χ1) is 9.07. The predicted molar refractivity (Wildman–Crippen MR) is 79.4 cm³/mol. The number of nitrogens with one attached hydrogen (secondary N) is 2. The Bertz CT molecular complexity index is 462. The maximum absolute atomic E-state index is 12.6. The van der Waals surface area contributed by atoms with Crippen LogP contribution < -0.4 is 10.6 Å². The maximum atomic E-state index is 12.6. The molecule has 1 amide bonds. The molecule has 1 aliphatic rings. The van der Waals surface area contributed by atoms with Crippen LogP contribution in [0.15, 0.2) is 18.2 Å². The highest BCUT2D eigenvalue weighted by atomic mass is 16.2. The van der Waals surface area contributed by atoms with E-state index in [4.69, 9.17) is 0 Å². The number of carbonyl (C=O) groups is 1. The van der Waals surface area contributed by atoms with E-state index in [9.17, 15) is 4.79 Å². The van der Waals surface area contributed by atoms with E-state index in [1.165, 1.54) is 5.56 Å². The number of hydrogen-bond acceptors (Lipinski definition) is 2. The summed E-state index contributed by atoms with van der Waals surface area (Å²) in [6.07, 6.45) is 2.77. The van der Waals surface area contributed by atoms with Crippen molar-refractivity contribution in [1.82, 2.24) is 5.32 Å². The van der Waals surface area contributed by atoms with Crippen LogP contribution in [0.2, 0.25) is 0 Å². The van der Waals surface area contributed by atoms with Gasteiger partial charge in [-0.15, -0.1) is 0 Å². The first kappa shape index (κ1) is 14.1. The molecule has 1 aromatic rings. The highest BCUT2D eigenvalue weighted by Crippen LogP contribution is 2.34. The Morgan fingerprint density at radius 1 is 1.32 bits per heavy atom. The molecule has 1 heterocycles. The lowest BCUT2D eigenvalue weighted by Crippen LogP contribution is -2.44. The summed E-state index contributed by atoms with van der Waals surface area (Å²) in [7, 11) is 0. The van der Waals surface area contributed by atoms with Crippen molar-refractivity contribution in [2.24, 2.45) is 5.41 Å². The lowest BCUT2D eigenvalue weighted by atomic mass is 9.76. The maximum Gasteiger partial charge on any atom is 0.230 e. The Labute approximate surface area is 115 Å². The van der Waals surface area contributed by atoms with Crippen LogP contribution in [0.1, 0.15) is 37.3 Å². The van der Waals surface area contributed by atoms with Crippen LogP contribution in [-0.2, 0) is 4.79 Å². The Morgan fingerprint density at radius 2 is 2.00 bits per heavy atom. The van der Waals surface area contributed by atoms with Gasteiger partial charge in [0.05, 0.1) is 5.41 Å². The van der Waals surface area contributed by atoms with Crippen molar-refractivity contribution in [1.29, 1.82) is 0 Å². The molecule has 2 rings (SSSR count). The highest BCUT2D eigenvalue weighted by Gasteiger charge is 2.37. The Kier molecular flexibility index (Phi) is 4.25. The van der Waals surface area contributed by atoms with Gasteiger partial charge in [-0.3, -0.25) is 4.79 Å². The van der Waals surface area contributed by atoms with Crippen molar-refractivity contribution in [3.05, 3.63) is 29.3 Å². The van der Waals surface area contributed by atoms with Crippen LogP contribution in [-0.4, -0.2) is 19.0 Å². The van der Waals surface area contributed by atoms with Gasteiger partial charge in [0.2, 0.25) is 5.91 Å². The molecule has 1 aliphatic heterocycles. The molecule has 0 radical (unpaired) electrons. The number of aryl methyl sites for hydroxylation is 2. The van der Waals surface area contributed by atoms with Gasteiger partial charge >= 0.3 is 0 Å². The molecule has 3 nitrogen and oxygen atoms in total. The number of rotatable bonds is 3. The summed E-state index contributed by atoms with van der Waals surface area (Å²) in [6.45, 7) is 8.11. The monoisotopic (exact) mass is 260 g/mol. The van der Waals surface area contributed by atoms with Gasteiger partial charge in [-0.25, -0.2) is 0 Å². The highest BCUT2D eigenvalue weighted by molar-refractivity contribution is 5.96. The molecule has 0 aromatic heterocycles. The van der Waals surface area contributed by atoms with E-state index in [-0.39, 0.29) is 11.3 Å². The molecule has 104 valence electrons. The third kappa shape index (κ3) is 2.98. The predicted octanol–water partition coefficient (Wildman–Crippen LogP) is 3.02. The van der Waals surface area contributed by atoms with Crippen LogP contribution >= 0.6 is 0 Å². The molecular formula is C16H24N2O. The van der Waals surface area contributed by atoms with Gasteiger partial charge in [-0.05, 0) is 57.8 Å². The number of benzene rings is 1. The minimum atomic E-state index is -0.192.